The Morgan fingerprint density at radius 1 is 1.25 bits per heavy atom. The third-order valence-electron chi connectivity index (χ3n) is 2.75. The Labute approximate surface area is 97.3 Å². The van der Waals surface area contributed by atoms with Gasteiger partial charge in [-0.2, -0.15) is 0 Å². The van der Waals surface area contributed by atoms with Crippen LogP contribution in [0.25, 0.3) is 0 Å². The Bertz CT molecular complexity index is 381. The van der Waals surface area contributed by atoms with Gasteiger partial charge in [0.2, 0.25) is 0 Å². The Hall–Kier alpha value is -0.680. The maximum absolute atomic E-state index is 11.2. The lowest BCUT2D eigenvalue weighted by atomic mass is 9.94. The standard InChI is InChI=1S/C11H20O4S/c1-7(6-8(2)16(5,14)15)11(13)9(3)10(4)12/h6,8-9,11,13H,1-5H3/b7-6+/t8-,9?,11+/m1/s1. The molecule has 5 heteroatoms. The number of hydrogen-bond acceptors (Lipinski definition) is 4. The van der Waals surface area contributed by atoms with Crippen LogP contribution in [0.4, 0.5) is 0 Å². The monoisotopic (exact) mass is 248 g/mol. The van der Waals surface area contributed by atoms with Crippen LogP contribution >= 0.6 is 0 Å². The van der Waals surface area contributed by atoms with Crippen molar-refractivity contribution in [2.45, 2.75) is 39.0 Å². The van der Waals surface area contributed by atoms with E-state index in [2.05, 4.69) is 0 Å². The maximum Gasteiger partial charge on any atom is 0.153 e. The summed E-state index contributed by atoms with van der Waals surface area (Å²) in [5, 5.41) is 9.14. The summed E-state index contributed by atoms with van der Waals surface area (Å²) in [5.74, 6) is -0.629. The van der Waals surface area contributed by atoms with Gasteiger partial charge in [-0.15, -0.1) is 0 Å². The highest BCUT2D eigenvalue weighted by Crippen LogP contribution is 2.15. The van der Waals surface area contributed by atoms with Crippen molar-refractivity contribution in [3.63, 3.8) is 0 Å². The van der Waals surface area contributed by atoms with E-state index in [0.29, 0.717) is 5.57 Å². The van der Waals surface area contributed by atoms with Gasteiger partial charge in [-0.25, -0.2) is 8.42 Å². The zero-order valence-electron chi connectivity index (χ0n) is 10.4. The molecule has 3 atom stereocenters. The quantitative estimate of drug-likeness (QED) is 0.735. The molecule has 0 aromatic carbocycles. The predicted molar refractivity (Wildman–Crippen MR) is 63.9 cm³/mol. The second-order valence-electron chi connectivity index (χ2n) is 4.29. The molecule has 0 bridgehead atoms. The van der Waals surface area contributed by atoms with Crippen LogP contribution < -0.4 is 0 Å². The van der Waals surface area contributed by atoms with Gasteiger partial charge in [0.05, 0.1) is 11.4 Å². The average Bonchev–Trinajstić information content (AvgIpc) is 2.13. The normalized spacial score (nSPS) is 19.0. The number of aliphatic hydroxyl groups is 1. The fourth-order valence-corrected chi connectivity index (χ4v) is 1.67. The lowest BCUT2D eigenvalue weighted by Crippen LogP contribution is -2.26. The van der Waals surface area contributed by atoms with Crippen molar-refractivity contribution in [2.24, 2.45) is 5.92 Å². The molecule has 0 radical (unpaired) electrons. The Morgan fingerprint density at radius 3 is 2.00 bits per heavy atom. The van der Waals surface area contributed by atoms with Crippen LogP contribution in [0.3, 0.4) is 0 Å². The van der Waals surface area contributed by atoms with Crippen molar-refractivity contribution in [2.75, 3.05) is 6.26 Å². The first-order chi connectivity index (χ1) is 7.07. The van der Waals surface area contributed by atoms with E-state index in [4.69, 9.17) is 0 Å². The van der Waals surface area contributed by atoms with Crippen molar-refractivity contribution in [3.8, 4) is 0 Å². The van der Waals surface area contributed by atoms with Gasteiger partial charge in [-0.05, 0) is 26.3 Å². The van der Waals surface area contributed by atoms with Crippen LogP contribution in [0.5, 0.6) is 0 Å². The molecular formula is C11H20O4S. The number of ketones is 1. The minimum atomic E-state index is -3.15. The summed E-state index contributed by atoms with van der Waals surface area (Å²) in [4.78, 5) is 11.1. The largest absolute Gasteiger partial charge is 0.388 e. The van der Waals surface area contributed by atoms with Crippen molar-refractivity contribution >= 4 is 15.6 Å². The van der Waals surface area contributed by atoms with Crippen LogP contribution in [-0.2, 0) is 14.6 Å². The molecule has 4 nitrogen and oxygen atoms in total. The molecular weight excluding hydrogens is 228 g/mol. The Balaban J connectivity index is 4.87. The first-order valence-corrected chi connectivity index (χ1v) is 7.08. The zero-order valence-corrected chi connectivity index (χ0v) is 11.2. The fraction of sp³-hybridized carbons (Fsp3) is 0.727. The highest BCUT2D eigenvalue weighted by Gasteiger charge is 2.21. The number of hydrogen-bond donors (Lipinski definition) is 1. The third-order valence-corrected chi connectivity index (χ3v) is 4.24. The lowest BCUT2D eigenvalue weighted by Gasteiger charge is -2.18. The van der Waals surface area contributed by atoms with Gasteiger partial charge in [-0.3, -0.25) is 4.79 Å². The van der Waals surface area contributed by atoms with Crippen molar-refractivity contribution < 1.29 is 18.3 Å². The highest BCUT2D eigenvalue weighted by molar-refractivity contribution is 7.91. The van der Waals surface area contributed by atoms with Gasteiger partial charge < -0.3 is 5.11 Å². The molecule has 16 heavy (non-hydrogen) atoms. The molecule has 0 aliphatic heterocycles. The molecule has 0 fully saturated rings. The van der Waals surface area contributed by atoms with Crippen LogP contribution in [0, 0.1) is 5.92 Å². The van der Waals surface area contributed by atoms with Crippen molar-refractivity contribution in [3.05, 3.63) is 11.6 Å². The first-order valence-electron chi connectivity index (χ1n) is 5.13. The molecule has 0 amide bonds. The minimum Gasteiger partial charge on any atom is -0.388 e. The maximum atomic E-state index is 11.2. The highest BCUT2D eigenvalue weighted by atomic mass is 32.2. The summed E-state index contributed by atoms with van der Waals surface area (Å²) < 4.78 is 22.4. The van der Waals surface area contributed by atoms with Gasteiger partial charge >= 0.3 is 0 Å². The first kappa shape index (κ1) is 15.3. The van der Waals surface area contributed by atoms with E-state index in [1.54, 1.807) is 20.8 Å². The number of carbonyl (C=O) groups excluding carboxylic acids is 1. The van der Waals surface area contributed by atoms with Crippen LogP contribution in [0.15, 0.2) is 11.6 Å². The molecule has 0 aromatic heterocycles. The zero-order chi connectivity index (χ0) is 13.1. The van der Waals surface area contributed by atoms with Gasteiger partial charge in [0, 0.05) is 12.2 Å². The summed E-state index contributed by atoms with van der Waals surface area (Å²) >= 11 is 0. The summed E-state index contributed by atoms with van der Waals surface area (Å²) in [6.07, 6.45) is 1.71. The summed E-state index contributed by atoms with van der Waals surface area (Å²) in [5.41, 5.74) is 0.514. The summed E-state index contributed by atoms with van der Waals surface area (Å²) in [7, 11) is -3.15. The van der Waals surface area contributed by atoms with E-state index >= 15 is 0 Å². The van der Waals surface area contributed by atoms with Crippen LogP contribution in [0.1, 0.15) is 27.7 Å². The molecule has 0 spiro atoms. The van der Waals surface area contributed by atoms with E-state index in [9.17, 15) is 18.3 Å². The van der Waals surface area contributed by atoms with E-state index in [1.807, 2.05) is 0 Å². The molecule has 0 rings (SSSR count). The molecule has 1 N–H and O–H groups in total. The topological polar surface area (TPSA) is 71.4 Å². The second kappa shape index (κ2) is 5.59. The molecule has 0 heterocycles. The third kappa shape index (κ3) is 4.45. The van der Waals surface area contributed by atoms with Crippen LogP contribution in [0.2, 0.25) is 0 Å². The molecule has 94 valence electrons. The summed E-state index contributed by atoms with van der Waals surface area (Å²) in [6.45, 7) is 6.20. The predicted octanol–water partition coefficient (Wildman–Crippen LogP) is 0.952. The second-order valence-corrected chi connectivity index (χ2v) is 6.69. The number of carbonyl (C=O) groups is 1. The molecule has 0 saturated heterocycles. The minimum absolute atomic E-state index is 0.118. The SMILES string of the molecule is CC(=O)C(C)[C@@H](O)/C(C)=C/[C@@H](C)S(C)(=O)=O. The van der Waals surface area contributed by atoms with Gasteiger partial charge in [0.15, 0.2) is 9.84 Å². The number of sulfone groups is 1. The summed E-state index contributed by atoms with van der Waals surface area (Å²) in [6, 6.07) is 0. The molecule has 1 unspecified atom stereocenters. The van der Waals surface area contributed by atoms with Crippen molar-refractivity contribution in [1.82, 2.24) is 0 Å². The van der Waals surface area contributed by atoms with E-state index in [1.165, 1.54) is 13.0 Å². The molecule has 0 aliphatic carbocycles. The fourth-order valence-electron chi connectivity index (χ4n) is 1.21. The molecule has 0 saturated carbocycles. The van der Waals surface area contributed by atoms with Gasteiger partial charge in [-0.1, -0.05) is 13.0 Å². The van der Waals surface area contributed by atoms with Crippen molar-refractivity contribution in [1.29, 1.82) is 0 Å². The van der Waals surface area contributed by atoms with Crippen LogP contribution in [-0.4, -0.2) is 36.9 Å². The Kier molecular flexibility index (Phi) is 5.35. The molecule has 0 aliphatic rings. The Morgan fingerprint density at radius 2 is 1.69 bits per heavy atom. The van der Waals surface area contributed by atoms with E-state index < -0.39 is 27.1 Å². The van der Waals surface area contributed by atoms with E-state index in [-0.39, 0.29) is 5.78 Å². The van der Waals surface area contributed by atoms with Gasteiger partial charge in [0.25, 0.3) is 0 Å². The number of Topliss-reactive ketones (excluding diaryl/α,β-unsaturated/α-hetero) is 1. The van der Waals surface area contributed by atoms with Gasteiger partial charge in [0.1, 0.15) is 5.78 Å². The lowest BCUT2D eigenvalue weighted by molar-refractivity contribution is -0.122. The number of aliphatic hydroxyl groups excluding tert-OH is 1. The number of rotatable bonds is 5. The smallest absolute Gasteiger partial charge is 0.153 e. The molecule has 0 aromatic rings. The van der Waals surface area contributed by atoms with E-state index in [0.717, 1.165) is 6.26 Å². The average molecular weight is 248 g/mol.